The van der Waals surface area contributed by atoms with Crippen LogP contribution in [0.3, 0.4) is 0 Å². The largest absolute Gasteiger partial charge is 0.490 e. The minimum absolute atomic E-state index is 0.00791. The third-order valence-electron chi connectivity index (χ3n) is 14.4. The van der Waals surface area contributed by atoms with Crippen LogP contribution < -0.4 is 9.47 Å². The van der Waals surface area contributed by atoms with Gasteiger partial charge < -0.3 is 19.3 Å². The molecular weight excluding hydrogens is 1150 g/mol. The highest BCUT2D eigenvalue weighted by atomic mass is 32.1. The van der Waals surface area contributed by atoms with E-state index in [0.717, 1.165) is 34.4 Å². The van der Waals surface area contributed by atoms with Gasteiger partial charge in [-0.1, -0.05) is 19.2 Å². The molecule has 3 aliphatic rings. The Morgan fingerprint density at radius 1 is 0.646 bits per heavy atom. The standard InChI is InChI=1S/C60H45F7N6O5S4/c1-7-46(74)71-15-11-40-44(25-71)81-57(68-40)37-24-36(32-13-17-79-55(32)48(37)49-38(63)20-30(61)22-42(49)77-27(3)4)54-35-19-29(9-10-33(35)59(76)73(54)60(65,66)67)52-34-14-18-80-56(34)51(50-39(64)21-31(62)23-43(50)78-28(5)6)53(70-52)58-69-41-12-16-72(47(75)8-2)26-45(41)82-58/h7-10,13-14,17-24,27-28,54H,1-2,11-12,15-16,25-26H2,3-6H3. The zero-order valence-corrected chi connectivity index (χ0v) is 47.2. The summed E-state index contributed by atoms with van der Waals surface area (Å²) < 4.78 is 125. The Balaban J connectivity index is 1.10. The normalized spacial score (nSPS) is 15.2. The molecule has 11 nitrogen and oxygen atoms in total. The van der Waals surface area contributed by atoms with Gasteiger partial charge in [-0.05, 0) is 97.5 Å². The van der Waals surface area contributed by atoms with Crippen LogP contribution in [0.5, 0.6) is 11.5 Å². The first kappa shape index (κ1) is 54.8. The molecule has 1 unspecified atom stereocenters. The molecule has 0 saturated heterocycles. The van der Waals surface area contributed by atoms with Crippen LogP contribution in [0, 0.1) is 23.3 Å². The number of thiazole rings is 2. The lowest BCUT2D eigenvalue weighted by atomic mass is 9.88. The molecule has 9 aromatic rings. The molecule has 0 saturated carbocycles. The fourth-order valence-corrected chi connectivity index (χ4v) is 15.2. The fourth-order valence-electron chi connectivity index (χ4n) is 11.0. The van der Waals surface area contributed by atoms with Crippen molar-refractivity contribution in [3.05, 3.63) is 158 Å². The van der Waals surface area contributed by atoms with E-state index < -0.39 is 53.7 Å². The molecule has 3 aliphatic heterocycles. The van der Waals surface area contributed by atoms with Crippen molar-refractivity contribution in [3.8, 4) is 66.3 Å². The second kappa shape index (κ2) is 20.9. The highest BCUT2D eigenvalue weighted by molar-refractivity contribution is 7.19. The smallest absolute Gasteiger partial charge is 0.488 e. The molecule has 0 aliphatic carbocycles. The van der Waals surface area contributed by atoms with Gasteiger partial charge in [-0.2, -0.15) is 0 Å². The Bertz CT molecular complexity index is 4180. The minimum atomic E-state index is -5.27. The van der Waals surface area contributed by atoms with Gasteiger partial charge in [0.05, 0.1) is 59.5 Å². The molecule has 1 atom stereocenters. The number of carbonyl (C=O) groups is 3. The van der Waals surface area contributed by atoms with Crippen LogP contribution in [0.1, 0.15) is 76.4 Å². The summed E-state index contributed by atoms with van der Waals surface area (Å²) in [5.74, 6) is -5.95. The summed E-state index contributed by atoms with van der Waals surface area (Å²) in [6.07, 6.45) is -3.23. The second-order valence-corrected chi connectivity index (χ2v) is 24.3. The number of ether oxygens (including phenoxy) is 2. The van der Waals surface area contributed by atoms with Crippen LogP contribution in [-0.2, 0) is 35.5 Å². The van der Waals surface area contributed by atoms with Gasteiger partial charge in [0.25, 0.3) is 5.91 Å². The van der Waals surface area contributed by atoms with Gasteiger partial charge in [-0.15, -0.1) is 58.5 Å². The van der Waals surface area contributed by atoms with E-state index in [1.54, 1.807) is 60.4 Å². The SMILES string of the molecule is C=CC(=O)N1CCc2nc(-c3cc(C4c5cc(-c6nc(-c7nc8c(s7)CN(C(=O)C=C)CC8)c(-c7c(F)cc(F)cc7OC(C)C)c7sccc67)ccc5C(=O)N4C(F)(F)F)c4ccsc4c3-c3c(F)cc(F)cc3OC(C)C)sc2C1. The van der Waals surface area contributed by atoms with E-state index in [1.165, 1.54) is 70.4 Å². The maximum Gasteiger partial charge on any atom is 0.488 e. The molecule has 12 rings (SSSR count). The van der Waals surface area contributed by atoms with Crippen LogP contribution in [0.25, 0.3) is 75.0 Å². The highest BCUT2D eigenvalue weighted by Gasteiger charge is 2.53. The van der Waals surface area contributed by atoms with Crippen molar-refractivity contribution in [2.45, 2.75) is 78.2 Å². The zero-order valence-electron chi connectivity index (χ0n) is 44.0. The van der Waals surface area contributed by atoms with E-state index in [1.807, 2.05) is 0 Å². The maximum absolute atomic E-state index is 16.8. The minimum Gasteiger partial charge on any atom is -0.490 e. The predicted octanol–water partition coefficient (Wildman–Crippen LogP) is 15.1. The molecule has 418 valence electrons. The van der Waals surface area contributed by atoms with Crippen LogP contribution in [0.2, 0.25) is 0 Å². The molecule has 5 aromatic heterocycles. The van der Waals surface area contributed by atoms with E-state index in [4.69, 9.17) is 24.4 Å². The van der Waals surface area contributed by atoms with Crippen LogP contribution in [0.4, 0.5) is 30.7 Å². The number of carbonyl (C=O) groups excluding carboxylic acids is 3. The Hall–Kier alpha value is -7.79. The Labute approximate surface area is 480 Å². The molecule has 0 N–H and O–H groups in total. The molecule has 0 fully saturated rings. The second-order valence-electron chi connectivity index (χ2n) is 20.3. The van der Waals surface area contributed by atoms with Gasteiger partial charge in [-0.3, -0.25) is 14.4 Å². The van der Waals surface area contributed by atoms with Gasteiger partial charge in [0.1, 0.15) is 50.5 Å². The fraction of sp³-hybridized carbons (Fsp3) is 0.233. The number of hydrogen-bond donors (Lipinski definition) is 0. The van der Waals surface area contributed by atoms with Gasteiger partial charge in [0.15, 0.2) is 0 Å². The monoisotopic (exact) mass is 1190 g/mol. The molecule has 8 heterocycles. The van der Waals surface area contributed by atoms with Crippen molar-refractivity contribution < 1.29 is 54.6 Å². The molecule has 3 amide bonds. The van der Waals surface area contributed by atoms with Crippen molar-refractivity contribution in [1.82, 2.24) is 29.7 Å². The number of benzene rings is 4. The van der Waals surface area contributed by atoms with E-state index in [-0.39, 0.29) is 113 Å². The topological polar surface area (TPSA) is 118 Å². The highest BCUT2D eigenvalue weighted by Crippen LogP contribution is 2.55. The predicted molar refractivity (Wildman–Crippen MR) is 304 cm³/mol. The van der Waals surface area contributed by atoms with E-state index in [0.29, 0.717) is 68.1 Å². The van der Waals surface area contributed by atoms with Gasteiger partial charge >= 0.3 is 6.30 Å². The summed E-state index contributed by atoms with van der Waals surface area (Å²) in [5, 5.41) is 4.63. The summed E-state index contributed by atoms with van der Waals surface area (Å²) in [6.45, 7) is 15.1. The average molecular weight is 1190 g/mol. The number of rotatable bonds is 12. The van der Waals surface area contributed by atoms with Gasteiger partial charge in [-0.25, -0.2) is 37.4 Å². The summed E-state index contributed by atoms with van der Waals surface area (Å²) in [5.41, 5.74) is 1.96. The Morgan fingerprint density at radius 2 is 1.18 bits per heavy atom. The number of thiophene rings is 2. The number of hydrogen-bond acceptors (Lipinski definition) is 12. The van der Waals surface area contributed by atoms with Gasteiger partial charge in [0, 0.05) is 103 Å². The van der Waals surface area contributed by atoms with Crippen LogP contribution in [-0.4, -0.2) is 79.0 Å². The number of nitrogens with zero attached hydrogens (tertiary/aromatic N) is 6. The first-order valence-electron chi connectivity index (χ1n) is 25.8. The lowest BCUT2D eigenvalue weighted by molar-refractivity contribution is -0.231. The van der Waals surface area contributed by atoms with Crippen molar-refractivity contribution in [3.63, 3.8) is 0 Å². The lowest BCUT2D eigenvalue weighted by Crippen LogP contribution is -2.41. The third-order valence-corrected chi connectivity index (χ3v) is 18.5. The molecule has 0 spiro atoms. The van der Waals surface area contributed by atoms with E-state index >= 15 is 30.7 Å². The number of amides is 3. The van der Waals surface area contributed by atoms with Crippen molar-refractivity contribution >= 4 is 83.2 Å². The summed E-state index contributed by atoms with van der Waals surface area (Å²) >= 11 is 4.72. The Morgan fingerprint density at radius 3 is 1.74 bits per heavy atom. The summed E-state index contributed by atoms with van der Waals surface area (Å²) in [7, 11) is 0. The molecular formula is C60H45F7N6O5S4. The van der Waals surface area contributed by atoms with Crippen molar-refractivity contribution in [2.75, 3.05) is 13.1 Å². The molecule has 82 heavy (non-hydrogen) atoms. The number of halogens is 7. The van der Waals surface area contributed by atoms with Crippen LogP contribution in [0.15, 0.2) is 96.7 Å². The molecule has 4 aromatic carbocycles. The number of aromatic nitrogens is 3. The van der Waals surface area contributed by atoms with E-state index in [2.05, 4.69) is 13.2 Å². The quantitative estimate of drug-likeness (QED) is 0.0674. The summed E-state index contributed by atoms with van der Waals surface area (Å²) in [6, 6.07) is 10.8. The van der Waals surface area contributed by atoms with Gasteiger partial charge in [0.2, 0.25) is 11.8 Å². The molecule has 0 bridgehead atoms. The number of fused-ring (bicyclic) bond motifs is 5. The summed E-state index contributed by atoms with van der Waals surface area (Å²) in [4.78, 5) is 59.9. The molecule has 22 heteroatoms. The average Bonchev–Trinajstić information content (AvgIpc) is 2.37. The number of pyridine rings is 1. The zero-order chi connectivity index (χ0) is 57.8. The van der Waals surface area contributed by atoms with Crippen molar-refractivity contribution in [1.29, 1.82) is 0 Å². The third kappa shape index (κ3) is 9.42. The first-order valence-corrected chi connectivity index (χ1v) is 29.2. The maximum atomic E-state index is 16.8. The molecule has 0 radical (unpaired) electrons. The first-order chi connectivity index (χ1) is 39.2. The van der Waals surface area contributed by atoms with Crippen molar-refractivity contribution in [2.24, 2.45) is 0 Å². The van der Waals surface area contributed by atoms with Crippen LogP contribution >= 0.6 is 45.3 Å². The van der Waals surface area contributed by atoms with E-state index in [9.17, 15) is 14.4 Å². The number of alkyl halides is 3. The Kier molecular flexibility index (Phi) is 13.9. The lowest BCUT2D eigenvalue weighted by Gasteiger charge is -2.29.